The minimum Gasteiger partial charge on any atom is -0.244 e. The average Bonchev–Trinajstić information content (AvgIpc) is 2.30. The van der Waals surface area contributed by atoms with Gasteiger partial charge in [-0.25, -0.2) is 9.68 Å². The Hall–Kier alpha value is -1.58. The zero-order valence-electron chi connectivity index (χ0n) is 8.63. The van der Waals surface area contributed by atoms with Crippen molar-refractivity contribution in [1.29, 1.82) is 0 Å². The molecule has 0 aromatic heterocycles. The van der Waals surface area contributed by atoms with Crippen molar-refractivity contribution in [2.75, 3.05) is 18.4 Å². The minimum absolute atomic E-state index is 0.395. The van der Waals surface area contributed by atoms with Crippen LogP contribution in [-0.2, 0) is 9.68 Å². The smallest absolute Gasteiger partial charge is 0.0954 e. The van der Waals surface area contributed by atoms with Crippen LogP contribution in [0.25, 0.3) is 0 Å². The van der Waals surface area contributed by atoms with Crippen molar-refractivity contribution in [1.82, 2.24) is 0 Å². The second-order valence-electron chi connectivity index (χ2n) is 2.76. The fourth-order valence-electron chi connectivity index (χ4n) is 0.977. The summed E-state index contributed by atoms with van der Waals surface area (Å²) in [6.07, 6.45) is 3.32. The fourth-order valence-corrected chi connectivity index (χ4v) is 0.977. The van der Waals surface area contributed by atoms with Gasteiger partial charge in [0, 0.05) is 0 Å². The largest absolute Gasteiger partial charge is 0.244 e. The maximum absolute atomic E-state index is 5.32. The summed E-state index contributed by atoms with van der Waals surface area (Å²) in [5.74, 6) is 0. The van der Waals surface area contributed by atoms with Crippen LogP contribution < -0.4 is 5.23 Å². The summed E-state index contributed by atoms with van der Waals surface area (Å²) in [7, 11) is 0. The summed E-state index contributed by atoms with van der Waals surface area (Å²) in [6, 6.07) is 9.55. The fraction of sp³-hybridized carbons (Fsp3) is 0.167. The molecule has 0 bridgehead atoms. The van der Waals surface area contributed by atoms with E-state index in [0.29, 0.717) is 13.2 Å². The lowest BCUT2D eigenvalue weighted by molar-refractivity contribution is -0.0712. The van der Waals surface area contributed by atoms with Gasteiger partial charge in [0.05, 0.1) is 18.9 Å². The molecule has 0 atom stereocenters. The van der Waals surface area contributed by atoms with Crippen molar-refractivity contribution in [2.24, 2.45) is 0 Å². The molecule has 1 rings (SSSR count). The first-order valence-electron chi connectivity index (χ1n) is 4.71. The van der Waals surface area contributed by atoms with Gasteiger partial charge in [-0.3, -0.25) is 0 Å². The Morgan fingerprint density at radius 3 is 2.00 bits per heavy atom. The van der Waals surface area contributed by atoms with Gasteiger partial charge in [-0.2, -0.15) is 0 Å². The Balaban J connectivity index is 2.62. The van der Waals surface area contributed by atoms with Crippen molar-refractivity contribution in [3.63, 3.8) is 0 Å². The third-order valence-electron chi connectivity index (χ3n) is 1.59. The third kappa shape index (κ3) is 3.97. The average molecular weight is 205 g/mol. The SMILES string of the molecule is C=CCON(OCC=C)c1ccccc1. The molecule has 0 fully saturated rings. The van der Waals surface area contributed by atoms with Gasteiger partial charge in [-0.15, -0.1) is 18.4 Å². The molecule has 0 radical (unpaired) electrons. The van der Waals surface area contributed by atoms with Crippen LogP contribution in [0.1, 0.15) is 0 Å². The summed E-state index contributed by atoms with van der Waals surface area (Å²) < 4.78 is 0. The number of nitrogens with zero attached hydrogens (tertiary/aromatic N) is 1. The number of para-hydroxylation sites is 1. The van der Waals surface area contributed by atoms with E-state index in [1.807, 2.05) is 30.3 Å². The van der Waals surface area contributed by atoms with Crippen LogP contribution in [0.4, 0.5) is 5.69 Å². The van der Waals surface area contributed by atoms with E-state index in [1.165, 1.54) is 5.23 Å². The van der Waals surface area contributed by atoms with Crippen molar-refractivity contribution >= 4 is 5.69 Å². The topological polar surface area (TPSA) is 21.7 Å². The van der Waals surface area contributed by atoms with E-state index in [2.05, 4.69) is 13.2 Å². The molecule has 0 spiro atoms. The van der Waals surface area contributed by atoms with Crippen LogP contribution in [0.15, 0.2) is 55.6 Å². The van der Waals surface area contributed by atoms with Crippen molar-refractivity contribution in [3.8, 4) is 0 Å². The number of benzene rings is 1. The summed E-state index contributed by atoms with van der Waals surface area (Å²) in [6.45, 7) is 7.95. The summed E-state index contributed by atoms with van der Waals surface area (Å²) in [5, 5.41) is 1.36. The van der Waals surface area contributed by atoms with Crippen LogP contribution >= 0.6 is 0 Å². The third-order valence-corrected chi connectivity index (χ3v) is 1.59. The van der Waals surface area contributed by atoms with Crippen LogP contribution in [0.3, 0.4) is 0 Å². The van der Waals surface area contributed by atoms with Gasteiger partial charge in [-0.1, -0.05) is 30.4 Å². The Morgan fingerprint density at radius 2 is 1.53 bits per heavy atom. The lowest BCUT2D eigenvalue weighted by atomic mass is 10.3. The predicted octanol–water partition coefficient (Wildman–Crippen LogP) is 2.73. The molecule has 3 heteroatoms. The van der Waals surface area contributed by atoms with Gasteiger partial charge in [0.1, 0.15) is 0 Å². The van der Waals surface area contributed by atoms with Crippen molar-refractivity contribution in [3.05, 3.63) is 55.6 Å². The Morgan fingerprint density at radius 1 is 1.00 bits per heavy atom. The molecule has 15 heavy (non-hydrogen) atoms. The van der Waals surface area contributed by atoms with Gasteiger partial charge < -0.3 is 0 Å². The summed E-state index contributed by atoms with van der Waals surface area (Å²) in [5.41, 5.74) is 0.834. The quantitative estimate of drug-likeness (QED) is 0.504. The van der Waals surface area contributed by atoms with Gasteiger partial charge in [0.2, 0.25) is 0 Å². The van der Waals surface area contributed by atoms with Gasteiger partial charge in [-0.05, 0) is 12.1 Å². The molecule has 1 aromatic rings. The number of hydrogen-bond donors (Lipinski definition) is 0. The molecular formula is C12H15NO2. The van der Waals surface area contributed by atoms with E-state index < -0.39 is 0 Å². The van der Waals surface area contributed by atoms with Crippen molar-refractivity contribution < 1.29 is 9.68 Å². The minimum atomic E-state index is 0.395. The highest BCUT2D eigenvalue weighted by atomic mass is 16.9. The molecule has 3 nitrogen and oxygen atoms in total. The maximum atomic E-state index is 5.32. The standard InChI is InChI=1S/C12H15NO2/c1-3-10-14-13(15-11-4-2)12-8-6-5-7-9-12/h3-9H,1-2,10-11H2. The van der Waals surface area contributed by atoms with Crippen molar-refractivity contribution in [2.45, 2.75) is 0 Å². The molecule has 0 N–H and O–H groups in total. The highest BCUT2D eigenvalue weighted by Crippen LogP contribution is 2.13. The highest BCUT2D eigenvalue weighted by molar-refractivity contribution is 5.40. The van der Waals surface area contributed by atoms with E-state index in [0.717, 1.165) is 5.69 Å². The first-order chi connectivity index (χ1) is 7.38. The van der Waals surface area contributed by atoms with Crippen LogP contribution in [0.2, 0.25) is 0 Å². The van der Waals surface area contributed by atoms with E-state index in [-0.39, 0.29) is 0 Å². The van der Waals surface area contributed by atoms with E-state index in [1.54, 1.807) is 12.2 Å². The predicted molar refractivity (Wildman–Crippen MR) is 61.2 cm³/mol. The lowest BCUT2D eigenvalue weighted by Gasteiger charge is -2.21. The molecule has 0 amide bonds. The number of hydrogen-bond acceptors (Lipinski definition) is 3. The van der Waals surface area contributed by atoms with Gasteiger partial charge in [0.15, 0.2) is 0 Å². The molecule has 0 aliphatic carbocycles. The first kappa shape index (κ1) is 11.5. The molecule has 80 valence electrons. The Bertz CT molecular complexity index is 286. The molecule has 0 saturated heterocycles. The number of rotatable bonds is 7. The lowest BCUT2D eigenvalue weighted by Crippen LogP contribution is -2.24. The highest BCUT2D eigenvalue weighted by Gasteiger charge is 2.05. The van der Waals surface area contributed by atoms with Crippen LogP contribution in [-0.4, -0.2) is 13.2 Å². The van der Waals surface area contributed by atoms with Crippen LogP contribution in [0, 0.1) is 0 Å². The monoisotopic (exact) mass is 205 g/mol. The molecular weight excluding hydrogens is 190 g/mol. The molecule has 0 aliphatic rings. The molecule has 1 aromatic carbocycles. The van der Waals surface area contributed by atoms with E-state index >= 15 is 0 Å². The van der Waals surface area contributed by atoms with Gasteiger partial charge >= 0.3 is 0 Å². The van der Waals surface area contributed by atoms with E-state index in [4.69, 9.17) is 9.68 Å². The van der Waals surface area contributed by atoms with E-state index in [9.17, 15) is 0 Å². The number of anilines is 1. The Kier molecular flexibility index (Phi) is 5.22. The molecule has 0 heterocycles. The molecule has 0 saturated carbocycles. The second-order valence-corrected chi connectivity index (χ2v) is 2.76. The normalized spacial score (nSPS) is 9.60. The Labute approximate surface area is 90.1 Å². The zero-order valence-corrected chi connectivity index (χ0v) is 8.63. The first-order valence-corrected chi connectivity index (χ1v) is 4.71. The molecule has 0 aliphatic heterocycles. The van der Waals surface area contributed by atoms with Gasteiger partial charge in [0.25, 0.3) is 0 Å². The second kappa shape index (κ2) is 6.81. The summed E-state index contributed by atoms with van der Waals surface area (Å²) >= 11 is 0. The van der Waals surface area contributed by atoms with Crippen LogP contribution in [0.5, 0.6) is 0 Å². The molecule has 0 unspecified atom stereocenters. The summed E-state index contributed by atoms with van der Waals surface area (Å²) in [4.78, 5) is 10.6. The zero-order chi connectivity index (χ0) is 10.9. The maximum Gasteiger partial charge on any atom is 0.0954 e.